The van der Waals surface area contributed by atoms with Crippen LogP contribution in [0.1, 0.15) is 44.2 Å². The summed E-state index contributed by atoms with van der Waals surface area (Å²) in [5.41, 5.74) is 10.1. The van der Waals surface area contributed by atoms with E-state index in [0.717, 1.165) is 25.3 Å². The van der Waals surface area contributed by atoms with Gasteiger partial charge in [0.1, 0.15) is 0 Å². The molecule has 1 aromatic rings. The second-order valence-electron chi connectivity index (χ2n) is 7.17. The molecule has 4 nitrogen and oxygen atoms in total. The maximum Gasteiger partial charge on any atom is 0.193 e. The van der Waals surface area contributed by atoms with Crippen molar-refractivity contribution in [2.24, 2.45) is 22.6 Å². The van der Waals surface area contributed by atoms with Crippen molar-refractivity contribution in [1.82, 2.24) is 0 Å². The molecule has 4 heteroatoms. The van der Waals surface area contributed by atoms with Crippen LogP contribution >= 0.6 is 0 Å². The third kappa shape index (κ3) is 4.05. The van der Waals surface area contributed by atoms with Crippen LogP contribution in [-0.4, -0.2) is 25.2 Å². The van der Waals surface area contributed by atoms with Crippen LogP contribution < -0.4 is 11.1 Å². The Morgan fingerprint density at radius 3 is 2.96 bits per heavy atom. The number of aliphatic imine (C=N–C) groups is 1. The molecule has 3 rings (SSSR count). The second kappa shape index (κ2) is 7.35. The molecular formula is C19H29N3O. The molecule has 1 saturated heterocycles. The fraction of sp³-hybridized carbons (Fsp3) is 0.632. The van der Waals surface area contributed by atoms with E-state index < -0.39 is 0 Å². The van der Waals surface area contributed by atoms with Gasteiger partial charge < -0.3 is 15.8 Å². The van der Waals surface area contributed by atoms with Gasteiger partial charge in [-0.15, -0.1) is 0 Å². The summed E-state index contributed by atoms with van der Waals surface area (Å²) < 4.78 is 5.92. The number of nitrogens with one attached hydrogen (secondary N) is 1. The van der Waals surface area contributed by atoms with E-state index in [2.05, 4.69) is 42.4 Å². The van der Waals surface area contributed by atoms with E-state index in [0.29, 0.717) is 23.9 Å². The zero-order chi connectivity index (χ0) is 16.2. The molecule has 2 atom stereocenters. The Labute approximate surface area is 139 Å². The lowest BCUT2D eigenvalue weighted by Gasteiger charge is -2.33. The topological polar surface area (TPSA) is 59.6 Å². The minimum atomic E-state index is 0.306. The van der Waals surface area contributed by atoms with Crippen molar-refractivity contribution in [3.05, 3.63) is 29.3 Å². The lowest BCUT2D eigenvalue weighted by Crippen LogP contribution is -2.36. The van der Waals surface area contributed by atoms with Gasteiger partial charge >= 0.3 is 0 Å². The second-order valence-corrected chi connectivity index (χ2v) is 7.17. The van der Waals surface area contributed by atoms with E-state index in [1.165, 1.54) is 36.8 Å². The number of hydrogen-bond acceptors (Lipinski definition) is 2. The first-order valence-corrected chi connectivity index (χ1v) is 8.94. The third-order valence-electron chi connectivity index (χ3n) is 5.02. The van der Waals surface area contributed by atoms with Crippen LogP contribution in [0.3, 0.4) is 0 Å². The van der Waals surface area contributed by atoms with Crippen molar-refractivity contribution in [2.45, 2.75) is 52.1 Å². The number of rotatable bonds is 4. The van der Waals surface area contributed by atoms with Gasteiger partial charge in [-0.1, -0.05) is 19.9 Å². The van der Waals surface area contributed by atoms with Crippen molar-refractivity contribution in [1.29, 1.82) is 0 Å². The van der Waals surface area contributed by atoms with Crippen molar-refractivity contribution >= 4 is 11.6 Å². The molecule has 2 unspecified atom stereocenters. The number of guanidine groups is 1. The van der Waals surface area contributed by atoms with Crippen LogP contribution in [0, 0.1) is 11.8 Å². The maximum atomic E-state index is 6.09. The number of anilines is 1. The van der Waals surface area contributed by atoms with E-state index in [9.17, 15) is 0 Å². The molecule has 1 aromatic carbocycles. The normalized spacial score (nSPS) is 24.7. The van der Waals surface area contributed by atoms with Crippen molar-refractivity contribution < 1.29 is 4.74 Å². The summed E-state index contributed by atoms with van der Waals surface area (Å²) in [6.45, 7) is 6.07. The maximum absolute atomic E-state index is 6.09. The molecule has 126 valence electrons. The molecule has 1 aliphatic carbocycles. The quantitative estimate of drug-likeness (QED) is 0.661. The number of aryl methyl sites for hydroxylation is 2. The third-order valence-corrected chi connectivity index (χ3v) is 5.02. The monoisotopic (exact) mass is 315 g/mol. The van der Waals surface area contributed by atoms with Crippen LogP contribution in [0.5, 0.6) is 0 Å². The molecule has 0 bridgehead atoms. The highest BCUT2D eigenvalue weighted by molar-refractivity contribution is 5.92. The Hall–Kier alpha value is -1.55. The summed E-state index contributed by atoms with van der Waals surface area (Å²) in [6, 6.07) is 6.53. The Kier molecular flexibility index (Phi) is 5.21. The fourth-order valence-corrected chi connectivity index (χ4v) is 3.85. The molecule has 1 aliphatic heterocycles. The average Bonchev–Trinajstić information content (AvgIpc) is 3.00. The first-order chi connectivity index (χ1) is 11.1. The lowest BCUT2D eigenvalue weighted by molar-refractivity contribution is -0.0491. The summed E-state index contributed by atoms with van der Waals surface area (Å²) >= 11 is 0. The summed E-state index contributed by atoms with van der Waals surface area (Å²) in [5, 5.41) is 3.24. The van der Waals surface area contributed by atoms with Gasteiger partial charge in [0.15, 0.2) is 5.96 Å². The first kappa shape index (κ1) is 16.3. The van der Waals surface area contributed by atoms with Gasteiger partial charge in [0.25, 0.3) is 0 Å². The van der Waals surface area contributed by atoms with E-state index >= 15 is 0 Å². The van der Waals surface area contributed by atoms with Crippen LogP contribution in [0.4, 0.5) is 5.69 Å². The predicted octanol–water partition coefficient (Wildman–Crippen LogP) is 3.35. The molecule has 1 fully saturated rings. The van der Waals surface area contributed by atoms with Gasteiger partial charge in [-0.3, -0.25) is 4.99 Å². The van der Waals surface area contributed by atoms with Gasteiger partial charge in [-0.25, -0.2) is 0 Å². The summed E-state index contributed by atoms with van der Waals surface area (Å²) in [7, 11) is 0. The molecule has 2 aliphatic rings. The number of fused-ring (bicyclic) bond motifs is 1. The summed E-state index contributed by atoms with van der Waals surface area (Å²) in [6.07, 6.45) is 6.26. The molecule has 0 spiro atoms. The van der Waals surface area contributed by atoms with Gasteiger partial charge in [-0.05, 0) is 61.3 Å². The number of benzene rings is 1. The van der Waals surface area contributed by atoms with E-state index in [1.807, 2.05) is 0 Å². The smallest absolute Gasteiger partial charge is 0.193 e. The van der Waals surface area contributed by atoms with Crippen molar-refractivity contribution in [3.63, 3.8) is 0 Å². The Bertz CT molecular complexity index is 568. The predicted molar refractivity (Wildman–Crippen MR) is 95.9 cm³/mol. The molecule has 0 aromatic heterocycles. The molecular weight excluding hydrogens is 286 g/mol. The zero-order valence-corrected chi connectivity index (χ0v) is 14.3. The summed E-state index contributed by atoms with van der Waals surface area (Å²) in [5.74, 6) is 1.52. The van der Waals surface area contributed by atoms with Crippen LogP contribution in [0.25, 0.3) is 0 Å². The average molecular weight is 315 g/mol. The molecule has 3 N–H and O–H groups in total. The van der Waals surface area contributed by atoms with Crippen LogP contribution in [-0.2, 0) is 17.6 Å². The lowest BCUT2D eigenvalue weighted by atomic mass is 9.87. The molecule has 1 heterocycles. The molecule has 0 saturated carbocycles. The standard InChI is InChI=1S/C19H29N3O/c1-13(2)18-16(7-4-10-23-18)12-21-19(20)22-17-9-8-14-5-3-6-15(14)11-17/h8-9,11,13,16,18H,3-7,10,12H2,1-2H3,(H3,20,21,22). The highest BCUT2D eigenvalue weighted by atomic mass is 16.5. The minimum Gasteiger partial charge on any atom is -0.378 e. The Morgan fingerprint density at radius 2 is 2.13 bits per heavy atom. The van der Waals surface area contributed by atoms with E-state index in [4.69, 9.17) is 10.5 Å². The number of ether oxygens (including phenoxy) is 1. The highest BCUT2D eigenvalue weighted by Crippen LogP contribution is 2.27. The van der Waals surface area contributed by atoms with Crippen LogP contribution in [0.15, 0.2) is 23.2 Å². The molecule has 0 amide bonds. The number of hydrogen-bond donors (Lipinski definition) is 2. The molecule has 0 radical (unpaired) electrons. The molecule has 23 heavy (non-hydrogen) atoms. The Morgan fingerprint density at radius 1 is 1.30 bits per heavy atom. The van der Waals surface area contributed by atoms with E-state index in [1.54, 1.807) is 0 Å². The SMILES string of the molecule is CC(C)C1OCCCC1CN=C(N)Nc1ccc2c(c1)CCC2. The summed E-state index contributed by atoms with van der Waals surface area (Å²) in [4.78, 5) is 4.57. The largest absolute Gasteiger partial charge is 0.378 e. The van der Waals surface area contributed by atoms with Crippen molar-refractivity contribution in [2.75, 3.05) is 18.5 Å². The van der Waals surface area contributed by atoms with Gasteiger partial charge in [-0.2, -0.15) is 0 Å². The minimum absolute atomic E-state index is 0.306. The van der Waals surface area contributed by atoms with Crippen LogP contribution in [0.2, 0.25) is 0 Å². The van der Waals surface area contributed by atoms with Gasteiger partial charge in [0, 0.05) is 24.8 Å². The Balaban J connectivity index is 1.59. The van der Waals surface area contributed by atoms with Gasteiger partial charge in [0.2, 0.25) is 0 Å². The van der Waals surface area contributed by atoms with E-state index in [-0.39, 0.29) is 0 Å². The van der Waals surface area contributed by atoms with Gasteiger partial charge in [0.05, 0.1) is 6.10 Å². The zero-order valence-electron chi connectivity index (χ0n) is 14.3. The first-order valence-electron chi connectivity index (χ1n) is 8.94. The fourth-order valence-electron chi connectivity index (χ4n) is 3.85. The number of nitrogens with two attached hydrogens (primary N) is 1. The highest BCUT2D eigenvalue weighted by Gasteiger charge is 2.28. The van der Waals surface area contributed by atoms with Crippen molar-refractivity contribution in [3.8, 4) is 0 Å². The number of nitrogens with zero attached hydrogens (tertiary/aromatic N) is 1.